The van der Waals surface area contributed by atoms with Gasteiger partial charge < -0.3 is 23.6 Å². The predicted molar refractivity (Wildman–Crippen MR) is 80.8 cm³/mol. The number of ether oxygens (including phenoxy) is 3. The first kappa shape index (κ1) is 14.9. The molecule has 1 amide bonds. The van der Waals surface area contributed by atoms with Crippen molar-refractivity contribution in [1.82, 2.24) is 15.0 Å². The fourth-order valence-corrected chi connectivity index (χ4v) is 2.91. The van der Waals surface area contributed by atoms with Gasteiger partial charge in [-0.05, 0) is 32.0 Å². The van der Waals surface area contributed by atoms with Crippen molar-refractivity contribution in [3.05, 3.63) is 35.5 Å². The fraction of sp³-hybridized carbons (Fsp3) is 0.438. The Labute approximate surface area is 138 Å². The number of hydrogen-bond acceptors (Lipinski definition) is 7. The average molecular weight is 331 g/mol. The van der Waals surface area contributed by atoms with Crippen LogP contribution in [-0.4, -0.2) is 46.9 Å². The van der Waals surface area contributed by atoms with Crippen LogP contribution in [0, 0.1) is 6.92 Å². The minimum atomic E-state index is -0.423. The van der Waals surface area contributed by atoms with Gasteiger partial charge in [-0.2, -0.15) is 4.98 Å². The summed E-state index contributed by atoms with van der Waals surface area (Å²) in [5.74, 6) is 2.08. The average Bonchev–Trinajstić information content (AvgIpc) is 3.21. The molecule has 3 heterocycles. The molecule has 2 aliphatic heterocycles. The van der Waals surface area contributed by atoms with Crippen LogP contribution in [-0.2, 0) is 4.74 Å². The van der Waals surface area contributed by atoms with Crippen molar-refractivity contribution in [2.45, 2.75) is 26.1 Å². The molecule has 0 spiro atoms. The van der Waals surface area contributed by atoms with Crippen LogP contribution >= 0.6 is 0 Å². The molecule has 2 aromatic rings. The molecule has 8 heteroatoms. The third-order valence-corrected chi connectivity index (χ3v) is 3.99. The summed E-state index contributed by atoms with van der Waals surface area (Å²) in [6, 6.07) is 5.19. The van der Waals surface area contributed by atoms with Crippen molar-refractivity contribution >= 4 is 5.91 Å². The summed E-state index contributed by atoms with van der Waals surface area (Å²) >= 11 is 0. The lowest BCUT2D eigenvalue weighted by atomic mass is 10.1. The van der Waals surface area contributed by atoms with Gasteiger partial charge in [0.2, 0.25) is 6.79 Å². The standard InChI is InChI=1S/C16H17N3O5/c1-9-6-19(7-14(23-9)15-17-10(2)18-24-15)16(20)11-3-4-12-13(5-11)22-8-21-12/h3-5,9,14H,6-8H2,1-2H3/t9-,14-/m1/s1. The number of nitrogens with zero attached hydrogens (tertiary/aromatic N) is 3. The highest BCUT2D eigenvalue weighted by Crippen LogP contribution is 2.33. The summed E-state index contributed by atoms with van der Waals surface area (Å²) < 4.78 is 21.6. The molecule has 2 aliphatic rings. The molecule has 0 aliphatic carbocycles. The second-order valence-corrected chi connectivity index (χ2v) is 5.89. The smallest absolute Gasteiger partial charge is 0.257 e. The molecule has 8 nitrogen and oxygen atoms in total. The van der Waals surface area contributed by atoms with E-state index in [1.165, 1.54) is 0 Å². The highest BCUT2D eigenvalue weighted by atomic mass is 16.7. The van der Waals surface area contributed by atoms with Crippen molar-refractivity contribution < 1.29 is 23.5 Å². The quantitative estimate of drug-likeness (QED) is 0.828. The molecule has 0 bridgehead atoms. The molecule has 4 rings (SSSR count). The molecule has 0 saturated carbocycles. The first-order valence-electron chi connectivity index (χ1n) is 7.75. The number of carbonyl (C=O) groups excluding carboxylic acids is 1. The van der Waals surface area contributed by atoms with Crippen LogP contribution in [0.4, 0.5) is 0 Å². The van der Waals surface area contributed by atoms with Crippen LogP contribution in [0.5, 0.6) is 11.5 Å². The molecule has 1 saturated heterocycles. The number of hydrogen-bond donors (Lipinski definition) is 0. The maximum atomic E-state index is 12.8. The Morgan fingerprint density at radius 3 is 2.88 bits per heavy atom. The van der Waals surface area contributed by atoms with Gasteiger partial charge in [-0.25, -0.2) is 0 Å². The van der Waals surface area contributed by atoms with E-state index in [1.807, 2.05) is 6.92 Å². The largest absolute Gasteiger partial charge is 0.454 e. The Balaban J connectivity index is 1.55. The SMILES string of the molecule is Cc1noc([C@H]2CN(C(=O)c3ccc4c(c3)OCO4)C[C@@H](C)O2)n1. The van der Waals surface area contributed by atoms with Gasteiger partial charge in [-0.1, -0.05) is 5.16 Å². The van der Waals surface area contributed by atoms with Crippen LogP contribution in [0.3, 0.4) is 0 Å². The molecular weight excluding hydrogens is 314 g/mol. The van der Waals surface area contributed by atoms with Gasteiger partial charge in [0.25, 0.3) is 11.8 Å². The Morgan fingerprint density at radius 2 is 2.08 bits per heavy atom. The van der Waals surface area contributed by atoms with Crippen LogP contribution in [0.15, 0.2) is 22.7 Å². The summed E-state index contributed by atoms with van der Waals surface area (Å²) in [7, 11) is 0. The van der Waals surface area contributed by atoms with Crippen LogP contribution < -0.4 is 9.47 Å². The topological polar surface area (TPSA) is 86.9 Å². The van der Waals surface area contributed by atoms with Crippen LogP contribution in [0.25, 0.3) is 0 Å². The molecule has 1 fully saturated rings. The lowest BCUT2D eigenvalue weighted by Crippen LogP contribution is -2.46. The zero-order chi connectivity index (χ0) is 16.7. The normalized spacial score (nSPS) is 22.7. The zero-order valence-corrected chi connectivity index (χ0v) is 13.4. The van der Waals surface area contributed by atoms with E-state index in [0.29, 0.717) is 41.9 Å². The first-order valence-corrected chi connectivity index (χ1v) is 7.75. The minimum absolute atomic E-state index is 0.0929. The van der Waals surface area contributed by atoms with E-state index in [9.17, 15) is 4.79 Å². The van der Waals surface area contributed by atoms with Gasteiger partial charge in [-0.15, -0.1) is 0 Å². The number of amides is 1. The Morgan fingerprint density at radius 1 is 1.25 bits per heavy atom. The summed E-state index contributed by atoms with van der Waals surface area (Å²) in [4.78, 5) is 18.8. The van der Waals surface area contributed by atoms with Gasteiger partial charge in [0.05, 0.1) is 12.6 Å². The lowest BCUT2D eigenvalue weighted by Gasteiger charge is -2.35. The number of carbonyl (C=O) groups is 1. The Hall–Kier alpha value is -2.61. The predicted octanol–water partition coefficient (Wildman–Crippen LogP) is 1.71. The molecule has 1 aromatic carbocycles. The Bertz CT molecular complexity index is 775. The highest BCUT2D eigenvalue weighted by Gasteiger charge is 2.33. The van der Waals surface area contributed by atoms with E-state index in [0.717, 1.165) is 0 Å². The maximum absolute atomic E-state index is 12.8. The minimum Gasteiger partial charge on any atom is -0.454 e. The van der Waals surface area contributed by atoms with Gasteiger partial charge in [0.15, 0.2) is 23.4 Å². The molecule has 2 atom stereocenters. The van der Waals surface area contributed by atoms with Gasteiger partial charge in [-0.3, -0.25) is 4.79 Å². The van der Waals surface area contributed by atoms with Crippen molar-refractivity contribution in [2.24, 2.45) is 0 Å². The zero-order valence-electron chi connectivity index (χ0n) is 13.4. The summed E-state index contributed by atoms with van der Waals surface area (Å²) in [5, 5.41) is 3.78. The summed E-state index contributed by atoms with van der Waals surface area (Å²) in [6.45, 7) is 4.69. The molecule has 0 unspecified atom stereocenters. The molecular formula is C16H17N3O5. The highest BCUT2D eigenvalue weighted by molar-refractivity contribution is 5.95. The van der Waals surface area contributed by atoms with Crippen molar-refractivity contribution in [3.63, 3.8) is 0 Å². The Kier molecular flexibility index (Phi) is 3.61. The van der Waals surface area contributed by atoms with E-state index >= 15 is 0 Å². The molecule has 0 N–H and O–H groups in total. The number of morpholine rings is 1. The fourth-order valence-electron chi connectivity index (χ4n) is 2.91. The van der Waals surface area contributed by atoms with E-state index < -0.39 is 6.10 Å². The maximum Gasteiger partial charge on any atom is 0.257 e. The van der Waals surface area contributed by atoms with Gasteiger partial charge >= 0.3 is 0 Å². The van der Waals surface area contributed by atoms with E-state index in [2.05, 4.69) is 10.1 Å². The molecule has 1 aromatic heterocycles. The van der Waals surface area contributed by atoms with E-state index in [-0.39, 0.29) is 18.8 Å². The third kappa shape index (κ3) is 2.69. The van der Waals surface area contributed by atoms with Crippen LogP contribution in [0.2, 0.25) is 0 Å². The van der Waals surface area contributed by atoms with Crippen LogP contribution in [0.1, 0.15) is 35.1 Å². The molecule has 0 radical (unpaired) electrons. The number of fused-ring (bicyclic) bond motifs is 1. The molecule has 24 heavy (non-hydrogen) atoms. The number of aryl methyl sites for hydroxylation is 1. The second-order valence-electron chi connectivity index (χ2n) is 5.89. The van der Waals surface area contributed by atoms with E-state index in [1.54, 1.807) is 30.0 Å². The number of aromatic nitrogens is 2. The number of rotatable bonds is 2. The number of benzene rings is 1. The van der Waals surface area contributed by atoms with Gasteiger partial charge in [0.1, 0.15) is 0 Å². The van der Waals surface area contributed by atoms with Gasteiger partial charge in [0, 0.05) is 12.1 Å². The summed E-state index contributed by atoms with van der Waals surface area (Å²) in [5.41, 5.74) is 0.550. The van der Waals surface area contributed by atoms with E-state index in [4.69, 9.17) is 18.7 Å². The van der Waals surface area contributed by atoms with Crippen molar-refractivity contribution in [3.8, 4) is 11.5 Å². The third-order valence-electron chi connectivity index (χ3n) is 3.99. The van der Waals surface area contributed by atoms with Crippen molar-refractivity contribution in [2.75, 3.05) is 19.9 Å². The molecule has 126 valence electrons. The van der Waals surface area contributed by atoms with Crippen molar-refractivity contribution in [1.29, 1.82) is 0 Å². The monoisotopic (exact) mass is 331 g/mol. The lowest BCUT2D eigenvalue weighted by molar-refractivity contribution is -0.0810. The summed E-state index contributed by atoms with van der Waals surface area (Å²) in [6.07, 6.45) is -0.554. The first-order chi connectivity index (χ1) is 11.6. The second kappa shape index (κ2) is 5.79.